The minimum absolute atomic E-state index is 0.112. The van der Waals surface area contributed by atoms with Gasteiger partial charge in [0, 0.05) is 5.92 Å². The highest BCUT2D eigenvalue weighted by Crippen LogP contribution is 2.30. The molecule has 1 unspecified atom stereocenters. The van der Waals surface area contributed by atoms with Crippen LogP contribution in [0.25, 0.3) is 0 Å². The number of amides is 2. The number of para-hydroxylation sites is 2. The van der Waals surface area contributed by atoms with Crippen molar-refractivity contribution in [2.75, 3.05) is 6.61 Å². The van der Waals surface area contributed by atoms with E-state index in [2.05, 4.69) is 10.9 Å². The van der Waals surface area contributed by atoms with Crippen molar-refractivity contribution in [3.05, 3.63) is 24.3 Å². The summed E-state index contributed by atoms with van der Waals surface area (Å²) < 4.78 is 10.9. The zero-order valence-electron chi connectivity index (χ0n) is 10.8. The third-order valence-electron chi connectivity index (χ3n) is 2.63. The Hall–Kier alpha value is -2.24. The van der Waals surface area contributed by atoms with E-state index in [4.69, 9.17) is 9.47 Å². The molecule has 0 spiro atoms. The maximum atomic E-state index is 11.8. The van der Waals surface area contributed by atoms with Crippen LogP contribution in [0.15, 0.2) is 24.3 Å². The molecule has 0 saturated heterocycles. The molecule has 0 aliphatic carbocycles. The van der Waals surface area contributed by atoms with E-state index < -0.39 is 12.0 Å². The van der Waals surface area contributed by atoms with E-state index >= 15 is 0 Å². The van der Waals surface area contributed by atoms with Crippen LogP contribution >= 0.6 is 0 Å². The largest absolute Gasteiger partial charge is 0.485 e. The number of nitrogens with one attached hydrogen (secondary N) is 2. The first-order valence-corrected chi connectivity index (χ1v) is 6.06. The molecule has 1 atom stereocenters. The molecule has 0 saturated carbocycles. The minimum Gasteiger partial charge on any atom is -0.485 e. The fourth-order valence-corrected chi connectivity index (χ4v) is 1.50. The van der Waals surface area contributed by atoms with Gasteiger partial charge in [-0.15, -0.1) is 0 Å². The third-order valence-corrected chi connectivity index (χ3v) is 2.63. The Labute approximate surface area is 111 Å². The normalized spacial score (nSPS) is 16.9. The van der Waals surface area contributed by atoms with Crippen LogP contribution in [0.2, 0.25) is 0 Å². The number of rotatable bonds is 2. The van der Waals surface area contributed by atoms with Gasteiger partial charge in [-0.2, -0.15) is 0 Å². The Balaban J connectivity index is 1.90. The zero-order chi connectivity index (χ0) is 13.8. The van der Waals surface area contributed by atoms with Gasteiger partial charge < -0.3 is 9.47 Å². The molecule has 6 heteroatoms. The van der Waals surface area contributed by atoms with E-state index in [-0.39, 0.29) is 18.4 Å². The Morgan fingerprint density at radius 1 is 1.21 bits per heavy atom. The van der Waals surface area contributed by atoms with E-state index in [9.17, 15) is 9.59 Å². The summed E-state index contributed by atoms with van der Waals surface area (Å²) in [5.74, 6) is 0.223. The van der Waals surface area contributed by atoms with Gasteiger partial charge in [0.2, 0.25) is 12.0 Å². The maximum absolute atomic E-state index is 11.8. The quantitative estimate of drug-likeness (QED) is 0.768. The Kier molecular flexibility index (Phi) is 3.89. The number of ether oxygens (including phenoxy) is 2. The lowest BCUT2D eigenvalue weighted by Crippen LogP contribution is -2.51. The monoisotopic (exact) mass is 264 g/mol. The number of hydrogen-bond acceptors (Lipinski definition) is 4. The van der Waals surface area contributed by atoms with Crippen molar-refractivity contribution in [1.82, 2.24) is 10.9 Å². The first kappa shape index (κ1) is 13.2. The molecule has 0 aromatic heterocycles. The highest BCUT2D eigenvalue weighted by Gasteiger charge is 2.27. The summed E-state index contributed by atoms with van der Waals surface area (Å²) in [5, 5.41) is 0. The zero-order valence-corrected chi connectivity index (χ0v) is 10.8. The van der Waals surface area contributed by atoms with Crippen molar-refractivity contribution in [3.8, 4) is 11.5 Å². The summed E-state index contributed by atoms with van der Waals surface area (Å²) in [5.41, 5.74) is 4.65. The molecule has 0 bridgehead atoms. The molecular formula is C13H16N2O4. The molecule has 1 aromatic rings. The highest BCUT2D eigenvalue weighted by atomic mass is 16.6. The van der Waals surface area contributed by atoms with Gasteiger partial charge in [0.05, 0.1) is 0 Å². The number of hydrazine groups is 1. The first-order chi connectivity index (χ1) is 9.08. The number of benzene rings is 1. The average molecular weight is 264 g/mol. The lowest BCUT2D eigenvalue weighted by atomic mass is 10.2. The fraction of sp³-hybridized carbons (Fsp3) is 0.385. The maximum Gasteiger partial charge on any atom is 0.283 e. The number of hydrogen-bond donors (Lipinski definition) is 2. The van der Waals surface area contributed by atoms with Gasteiger partial charge in [-0.05, 0) is 12.1 Å². The summed E-state index contributed by atoms with van der Waals surface area (Å²) >= 11 is 0. The predicted octanol–water partition coefficient (Wildman–Crippen LogP) is 0.630. The highest BCUT2D eigenvalue weighted by molar-refractivity contribution is 5.85. The van der Waals surface area contributed by atoms with Gasteiger partial charge >= 0.3 is 0 Å². The van der Waals surface area contributed by atoms with E-state index in [1.54, 1.807) is 32.0 Å². The molecule has 1 aliphatic heterocycles. The number of carbonyl (C=O) groups is 2. The van der Waals surface area contributed by atoms with Crippen molar-refractivity contribution < 1.29 is 19.1 Å². The first-order valence-electron chi connectivity index (χ1n) is 6.06. The average Bonchev–Trinajstić information content (AvgIpc) is 2.43. The Morgan fingerprint density at radius 2 is 1.89 bits per heavy atom. The van der Waals surface area contributed by atoms with Crippen molar-refractivity contribution in [2.24, 2.45) is 5.92 Å². The van der Waals surface area contributed by atoms with Crippen LogP contribution in [0, 0.1) is 5.92 Å². The molecule has 1 aromatic carbocycles. The van der Waals surface area contributed by atoms with Crippen LogP contribution in [0.3, 0.4) is 0 Å². The Bertz CT molecular complexity index is 487. The molecule has 6 nitrogen and oxygen atoms in total. The van der Waals surface area contributed by atoms with Crippen LogP contribution < -0.4 is 20.3 Å². The lowest BCUT2D eigenvalue weighted by Gasteiger charge is -2.25. The van der Waals surface area contributed by atoms with Crippen molar-refractivity contribution in [1.29, 1.82) is 0 Å². The van der Waals surface area contributed by atoms with Gasteiger partial charge in [-0.3, -0.25) is 20.4 Å². The van der Waals surface area contributed by atoms with E-state index in [0.29, 0.717) is 11.5 Å². The molecule has 2 rings (SSSR count). The third kappa shape index (κ3) is 3.15. The standard InChI is InChI=1S/C13H16N2O4/c1-8(2)12(16)14-15-13(17)11-7-18-9-5-3-4-6-10(9)19-11/h3-6,8,11H,7H2,1-2H3,(H,14,16)(H,15,17). The van der Waals surface area contributed by atoms with Gasteiger partial charge in [0.1, 0.15) is 6.61 Å². The SMILES string of the molecule is CC(C)C(=O)NNC(=O)C1COc2ccccc2O1. The molecule has 102 valence electrons. The van der Waals surface area contributed by atoms with Crippen molar-refractivity contribution in [2.45, 2.75) is 20.0 Å². The fourth-order valence-electron chi connectivity index (χ4n) is 1.50. The molecular weight excluding hydrogens is 248 g/mol. The van der Waals surface area contributed by atoms with Gasteiger partial charge in [-0.25, -0.2) is 0 Å². The Morgan fingerprint density at radius 3 is 2.58 bits per heavy atom. The van der Waals surface area contributed by atoms with Gasteiger partial charge in [-0.1, -0.05) is 26.0 Å². The molecule has 0 fully saturated rings. The van der Waals surface area contributed by atoms with E-state index in [1.807, 2.05) is 6.07 Å². The van der Waals surface area contributed by atoms with Crippen molar-refractivity contribution >= 4 is 11.8 Å². The number of fused-ring (bicyclic) bond motifs is 1. The molecule has 1 aliphatic rings. The molecule has 19 heavy (non-hydrogen) atoms. The molecule has 2 amide bonds. The molecule has 0 radical (unpaired) electrons. The summed E-state index contributed by atoms with van der Waals surface area (Å²) in [6.07, 6.45) is -0.776. The second-order valence-electron chi connectivity index (χ2n) is 4.50. The number of carbonyl (C=O) groups excluding carboxylic acids is 2. The van der Waals surface area contributed by atoms with E-state index in [1.165, 1.54) is 0 Å². The minimum atomic E-state index is -0.776. The predicted molar refractivity (Wildman–Crippen MR) is 67.5 cm³/mol. The van der Waals surface area contributed by atoms with Crippen LogP contribution in [0.1, 0.15) is 13.8 Å². The van der Waals surface area contributed by atoms with Gasteiger partial charge in [0.25, 0.3) is 5.91 Å². The van der Waals surface area contributed by atoms with Crippen LogP contribution in [0.4, 0.5) is 0 Å². The molecule has 2 N–H and O–H groups in total. The summed E-state index contributed by atoms with van der Waals surface area (Å²) in [6.45, 7) is 3.58. The summed E-state index contributed by atoms with van der Waals surface area (Å²) in [6, 6.07) is 7.11. The second kappa shape index (κ2) is 5.60. The van der Waals surface area contributed by atoms with Crippen LogP contribution in [-0.4, -0.2) is 24.5 Å². The smallest absolute Gasteiger partial charge is 0.283 e. The van der Waals surface area contributed by atoms with Crippen LogP contribution in [0.5, 0.6) is 11.5 Å². The summed E-state index contributed by atoms with van der Waals surface area (Å²) in [4.78, 5) is 23.1. The van der Waals surface area contributed by atoms with Crippen LogP contribution in [-0.2, 0) is 9.59 Å². The van der Waals surface area contributed by atoms with Crippen molar-refractivity contribution in [3.63, 3.8) is 0 Å². The van der Waals surface area contributed by atoms with Gasteiger partial charge in [0.15, 0.2) is 11.5 Å². The van der Waals surface area contributed by atoms with E-state index in [0.717, 1.165) is 0 Å². The lowest BCUT2D eigenvalue weighted by molar-refractivity contribution is -0.135. The second-order valence-corrected chi connectivity index (χ2v) is 4.50. The molecule has 1 heterocycles. The topological polar surface area (TPSA) is 76.7 Å². The summed E-state index contributed by atoms with van der Waals surface area (Å²) in [7, 11) is 0.